The highest BCUT2D eigenvalue weighted by Crippen LogP contribution is 2.24. The van der Waals surface area contributed by atoms with E-state index in [1.165, 1.54) is 4.88 Å². The zero-order valence-corrected chi connectivity index (χ0v) is 15.9. The molecule has 25 heavy (non-hydrogen) atoms. The Bertz CT molecular complexity index is 729. The number of thiophene rings is 1. The first-order valence-electron chi connectivity index (χ1n) is 8.76. The number of carbonyl (C=O) groups excluding carboxylic acids is 1. The van der Waals surface area contributed by atoms with Crippen molar-refractivity contribution in [3.63, 3.8) is 0 Å². The van der Waals surface area contributed by atoms with Crippen molar-refractivity contribution in [3.05, 3.63) is 45.7 Å². The molecule has 0 bridgehead atoms. The van der Waals surface area contributed by atoms with Crippen LogP contribution in [0.25, 0.3) is 0 Å². The Kier molecular flexibility index (Phi) is 5.81. The van der Waals surface area contributed by atoms with Crippen LogP contribution in [0.4, 0.5) is 0 Å². The Morgan fingerprint density at radius 1 is 1.40 bits per heavy atom. The maximum absolute atomic E-state index is 12.9. The molecule has 0 aromatic carbocycles. The van der Waals surface area contributed by atoms with Crippen LogP contribution in [0.5, 0.6) is 0 Å². The molecule has 0 radical (unpaired) electrons. The molecule has 1 atom stereocenters. The van der Waals surface area contributed by atoms with Gasteiger partial charge < -0.3 is 9.64 Å². The molecule has 1 unspecified atom stereocenters. The van der Waals surface area contributed by atoms with E-state index in [1.807, 2.05) is 29.3 Å². The van der Waals surface area contributed by atoms with E-state index in [2.05, 4.69) is 23.8 Å². The molecule has 134 valence electrons. The smallest absolute Gasteiger partial charge is 0.254 e. The highest BCUT2D eigenvalue weighted by molar-refractivity contribution is 7.10. The first-order chi connectivity index (χ1) is 12.0. The van der Waals surface area contributed by atoms with Crippen LogP contribution >= 0.6 is 11.3 Å². The summed E-state index contributed by atoms with van der Waals surface area (Å²) in [5.41, 5.74) is 2.77. The second-order valence-corrected chi connectivity index (χ2v) is 7.88. The Morgan fingerprint density at radius 2 is 2.24 bits per heavy atom. The normalized spacial score (nSPS) is 18.4. The molecule has 5 nitrogen and oxygen atoms in total. The fourth-order valence-electron chi connectivity index (χ4n) is 3.06. The summed E-state index contributed by atoms with van der Waals surface area (Å²) in [7, 11) is 0. The number of carbonyl (C=O) groups is 1. The second kappa shape index (κ2) is 8.06. The molecular weight excluding hydrogens is 334 g/mol. The van der Waals surface area contributed by atoms with E-state index in [1.54, 1.807) is 17.7 Å². The van der Waals surface area contributed by atoms with Crippen molar-refractivity contribution in [2.75, 3.05) is 26.3 Å². The molecule has 3 rings (SSSR count). The number of nitrogens with zero attached hydrogens (tertiary/aromatic N) is 3. The van der Waals surface area contributed by atoms with Gasteiger partial charge in [0.1, 0.15) is 6.33 Å². The molecule has 1 aliphatic heterocycles. The van der Waals surface area contributed by atoms with Crippen molar-refractivity contribution in [1.29, 1.82) is 0 Å². The van der Waals surface area contributed by atoms with Crippen molar-refractivity contribution in [3.8, 4) is 0 Å². The van der Waals surface area contributed by atoms with E-state index in [0.717, 1.165) is 23.4 Å². The lowest BCUT2D eigenvalue weighted by Crippen LogP contribution is -2.36. The lowest BCUT2D eigenvalue weighted by molar-refractivity contribution is 0.0737. The van der Waals surface area contributed by atoms with Gasteiger partial charge in [0.25, 0.3) is 5.91 Å². The summed E-state index contributed by atoms with van der Waals surface area (Å²) in [6.45, 7) is 8.87. The molecule has 1 aliphatic rings. The zero-order valence-electron chi connectivity index (χ0n) is 15.1. The third kappa shape index (κ3) is 4.64. The summed E-state index contributed by atoms with van der Waals surface area (Å²) in [4.78, 5) is 24.6. The van der Waals surface area contributed by atoms with Gasteiger partial charge in [0.05, 0.1) is 18.8 Å². The molecular formula is C19H25N3O2S. The van der Waals surface area contributed by atoms with Gasteiger partial charge in [-0.15, -0.1) is 11.3 Å². The molecule has 0 saturated carbocycles. The molecule has 1 amide bonds. The fraction of sp³-hybridized carbons (Fsp3) is 0.526. The van der Waals surface area contributed by atoms with Gasteiger partial charge in [-0.3, -0.25) is 4.79 Å². The summed E-state index contributed by atoms with van der Waals surface area (Å²) < 4.78 is 5.73. The van der Waals surface area contributed by atoms with Crippen molar-refractivity contribution in [2.45, 2.75) is 33.1 Å². The zero-order chi connectivity index (χ0) is 17.8. The number of hydrogen-bond acceptors (Lipinski definition) is 5. The Morgan fingerprint density at radius 3 is 2.96 bits per heavy atom. The molecule has 2 aromatic rings. The first-order valence-corrected chi connectivity index (χ1v) is 9.64. The average molecular weight is 359 g/mol. The quantitative estimate of drug-likeness (QED) is 0.840. The molecule has 0 N–H and O–H groups in total. The lowest BCUT2D eigenvalue weighted by atomic mass is 10.0. The van der Waals surface area contributed by atoms with E-state index in [9.17, 15) is 4.79 Å². The van der Waals surface area contributed by atoms with Crippen molar-refractivity contribution < 1.29 is 9.53 Å². The topological polar surface area (TPSA) is 55.3 Å². The molecule has 1 saturated heterocycles. The second-order valence-electron chi connectivity index (χ2n) is 6.94. The van der Waals surface area contributed by atoms with Crippen LogP contribution in [-0.4, -0.2) is 47.1 Å². The van der Waals surface area contributed by atoms with Crippen LogP contribution in [0.1, 0.15) is 46.4 Å². The van der Waals surface area contributed by atoms with Crippen LogP contribution < -0.4 is 0 Å². The van der Waals surface area contributed by atoms with E-state index < -0.39 is 0 Å². The summed E-state index contributed by atoms with van der Waals surface area (Å²) in [5.74, 6) is 0.814. The molecule has 0 aliphatic carbocycles. The van der Waals surface area contributed by atoms with Gasteiger partial charge in [0, 0.05) is 40.7 Å². The molecule has 2 aromatic heterocycles. The monoisotopic (exact) mass is 359 g/mol. The predicted octanol–water partition coefficient (Wildman–Crippen LogP) is 3.30. The van der Waals surface area contributed by atoms with Crippen LogP contribution in [-0.2, 0) is 11.2 Å². The van der Waals surface area contributed by atoms with Crippen molar-refractivity contribution in [1.82, 2.24) is 14.9 Å². The molecule has 6 heteroatoms. The van der Waals surface area contributed by atoms with Crippen LogP contribution in [0.2, 0.25) is 0 Å². The molecule has 3 heterocycles. The minimum absolute atomic E-state index is 0.109. The minimum atomic E-state index is 0.109. The summed E-state index contributed by atoms with van der Waals surface area (Å²) in [6, 6.07) is 4.04. The third-order valence-electron chi connectivity index (χ3n) is 4.42. The van der Waals surface area contributed by atoms with Gasteiger partial charge in [-0.05, 0) is 31.4 Å². The van der Waals surface area contributed by atoms with Crippen molar-refractivity contribution in [2.24, 2.45) is 5.92 Å². The van der Waals surface area contributed by atoms with Gasteiger partial charge in [-0.2, -0.15) is 0 Å². The average Bonchev–Trinajstić information content (AvgIpc) is 2.96. The van der Waals surface area contributed by atoms with Crippen LogP contribution in [0.3, 0.4) is 0 Å². The van der Waals surface area contributed by atoms with Crippen LogP contribution in [0, 0.1) is 12.8 Å². The largest absolute Gasteiger partial charge is 0.379 e. The van der Waals surface area contributed by atoms with Gasteiger partial charge in [-0.1, -0.05) is 13.8 Å². The third-order valence-corrected chi connectivity index (χ3v) is 5.65. The lowest BCUT2D eigenvalue weighted by Gasteiger charge is -2.23. The Labute approximate surface area is 153 Å². The van der Waals surface area contributed by atoms with E-state index in [0.29, 0.717) is 32.2 Å². The Hall–Kier alpha value is -1.79. The number of aryl methyl sites for hydroxylation is 1. The number of aromatic nitrogens is 2. The standard InChI is InChI=1S/C19H25N3O2S/c1-13(2)18-8-16(11-25-18)19(23)22-4-5-24-10-15(9-22)7-17-6-14(3)20-12-21-17/h6,8,11-13,15H,4-5,7,9-10H2,1-3H3. The summed E-state index contributed by atoms with van der Waals surface area (Å²) >= 11 is 1.66. The van der Waals surface area contributed by atoms with Gasteiger partial charge in [0.2, 0.25) is 0 Å². The maximum Gasteiger partial charge on any atom is 0.254 e. The van der Waals surface area contributed by atoms with Gasteiger partial charge in [-0.25, -0.2) is 9.97 Å². The number of hydrogen-bond donors (Lipinski definition) is 0. The predicted molar refractivity (Wildman–Crippen MR) is 99.1 cm³/mol. The SMILES string of the molecule is Cc1cc(CC2COCCN(C(=O)c3csc(C(C)C)c3)C2)ncn1. The maximum atomic E-state index is 12.9. The molecule has 1 fully saturated rings. The van der Waals surface area contributed by atoms with E-state index >= 15 is 0 Å². The van der Waals surface area contributed by atoms with Crippen LogP contribution in [0.15, 0.2) is 23.8 Å². The summed E-state index contributed by atoms with van der Waals surface area (Å²) in [5, 5.41) is 1.98. The highest BCUT2D eigenvalue weighted by Gasteiger charge is 2.25. The number of ether oxygens (including phenoxy) is 1. The molecule has 0 spiro atoms. The Balaban J connectivity index is 1.69. The number of amides is 1. The highest BCUT2D eigenvalue weighted by atomic mass is 32.1. The summed E-state index contributed by atoms with van der Waals surface area (Å²) in [6.07, 6.45) is 2.40. The van der Waals surface area contributed by atoms with E-state index in [4.69, 9.17) is 4.74 Å². The number of rotatable bonds is 4. The fourth-order valence-corrected chi connectivity index (χ4v) is 3.95. The first kappa shape index (κ1) is 18.0. The van der Waals surface area contributed by atoms with Crippen molar-refractivity contribution >= 4 is 17.2 Å². The van der Waals surface area contributed by atoms with Gasteiger partial charge in [0.15, 0.2) is 0 Å². The van der Waals surface area contributed by atoms with Gasteiger partial charge >= 0.3 is 0 Å². The minimum Gasteiger partial charge on any atom is -0.379 e. The van der Waals surface area contributed by atoms with E-state index in [-0.39, 0.29) is 11.8 Å².